The summed E-state index contributed by atoms with van der Waals surface area (Å²) in [5, 5.41) is 17.6. The number of fused-ring (bicyclic) bond motifs is 1. The first-order valence-electron chi connectivity index (χ1n) is 13.1. The molecule has 1 amide bonds. The van der Waals surface area contributed by atoms with Gasteiger partial charge in [0, 0.05) is 24.2 Å². The molecule has 0 bridgehead atoms. The van der Waals surface area contributed by atoms with Crippen molar-refractivity contribution in [3.05, 3.63) is 63.2 Å². The van der Waals surface area contributed by atoms with Crippen molar-refractivity contribution in [2.45, 2.75) is 59.4 Å². The molecule has 11 heteroatoms. The molecule has 0 unspecified atom stereocenters. The van der Waals surface area contributed by atoms with Crippen molar-refractivity contribution in [3.8, 4) is 16.9 Å². The lowest BCUT2D eigenvalue weighted by atomic mass is 9.82. The molecule has 1 saturated carbocycles. The first kappa shape index (κ1) is 26.7. The number of halogens is 1. The minimum Gasteiger partial charge on any atom is -0.477 e. The Kier molecular flexibility index (Phi) is 7.07. The molecule has 1 aliphatic rings. The second kappa shape index (κ2) is 10.3. The molecule has 0 saturated heterocycles. The number of carbonyl (C=O) groups excluding carboxylic acids is 1. The summed E-state index contributed by atoms with van der Waals surface area (Å²) in [6.07, 6.45) is 5.02. The number of H-pyrrole nitrogens is 1. The van der Waals surface area contributed by atoms with Gasteiger partial charge in [-0.05, 0) is 70.1 Å². The highest BCUT2D eigenvalue weighted by atomic mass is 35.5. The molecule has 10 nitrogen and oxygen atoms in total. The Bertz CT molecular complexity index is 1610. The van der Waals surface area contributed by atoms with Gasteiger partial charge in [0.25, 0.3) is 5.56 Å². The van der Waals surface area contributed by atoms with E-state index in [2.05, 4.69) is 22.1 Å². The van der Waals surface area contributed by atoms with Crippen LogP contribution in [-0.2, 0) is 4.79 Å². The van der Waals surface area contributed by atoms with Crippen LogP contribution in [0.15, 0.2) is 41.3 Å². The van der Waals surface area contributed by atoms with E-state index in [-0.39, 0.29) is 39.8 Å². The molecule has 3 aromatic heterocycles. The molecular formula is C28H31ClN6O4. The summed E-state index contributed by atoms with van der Waals surface area (Å²) in [5.74, 6) is -0.599. The zero-order chi connectivity index (χ0) is 28.0. The third-order valence-electron chi connectivity index (χ3n) is 7.44. The Morgan fingerprint density at radius 2 is 1.82 bits per heavy atom. The van der Waals surface area contributed by atoms with Gasteiger partial charge in [0.15, 0.2) is 11.5 Å². The number of carbonyl (C=O) groups is 2. The quantitative estimate of drug-likeness (QED) is 0.344. The standard InChI is InChI=1S/C28H31ClN6O4/c1-15(2)34(26(36)19-7-5-16(3)6-8-19)25-21(28(38)39)14-33(32-25)20-11-9-18(10-12-20)22-13-23-30-17(4)24(29)27(37)35(23)31-22/h9-16,19,31H,5-8H2,1-4H3,(H,38,39). The van der Waals surface area contributed by atoms with E-state index < -0.39 is 5.97 Å². The molecule has 1 aromatic carbocycles. The summed E-state index contributed by atoms with van der Waals surface area (Å²) in [6.45, 7) is 7.62. The van der Waals surface area contributed by atoms with Crippen LogP contribution in [0.2, 0.25) is 5.02 Å². The predicted octanol–water partition coefficient (Wildman–Crippen LogP) is 5.10. The normalized spacial score (nSPS) is 17.6. The topological polar surface area (TPSA) is 126 Å². The summed E-state index contributed by atoms with van der Waals surface area (Å²) in [6, 6.07) is 8.75. The van der Waals surface area contributed by atoms with Gasteiger partial charge in [-0.3, -0.25) is 19.6 Å². The van der Waals surface area contributed by atoms with Gasteiger partial charge in [0.1, 0.15) is 10.6 Å². The number of anilines is 1. The molecular weight excluding hydrogens is 520 g/mol. The molecule has 2 N–H and O–H groups in total. The summed E-state index contributed by atoms with van der Waals surface area (Å²) < 4.78 is 2.77. The van der Waals surface area contributed by atoms with Gasteiger partial charge in [0.05, 0.1) is 17.1 Å². The van der Waals surface area contributed by atoms with Crippen LogP contribution in [0, 0.1) is 18.8 Å². The van der Waals surface area contributed by atoms with Gasteiger partial charge in [-0.25, -0.2) is 14.5 Å². The Morgan fingerprint density at radius 1 is 1.15 bits per heavy atom. The number of rotatable bonds is 6. The average molecular weight is 551 g/mol. The fourth-order valence-corrected chi connectivity index (χ4v) is 5.32. The van der Waals surface area contributed by atoms with Crippen molar-refractivity contribution in [1.29, 1.82) is 0 Å². The average Bonchev–Trinajstić information content (AvgIpc) is 3.53. The van der Waals surface area contributed by atoms with Crippen LogP contribution in [0.5, 0.6) is 0 Å². The van der Waals surface area contributed by atoms with E-state index in [1.165, 1.54) is 20.3 Å². The molecule has 0 aliphatic heterocycles. The van der Waals surface area contributed by atoms with Crippen molar-refractivity contribution in [1.82, 2.24) is 24.4 Å². The van der Waals surface area contributed by atoms with Gasteiger partial charge in [0.2, 0.25) is 5.91 Å². The SMILES string of the molecule is Cc1nc2cc(-c3ccc(-n4cc(C(=O)O)c(N(C(=O)C5CCC(C)CC5)C(C)C)n4)cc3)[nH]n2c(=O)c1Cl. The molecule has 0 spiro atoms. The smallest absolute Gasteiger partial charge is 0.341 e. The predicted molar refractivity (Wildman–Crippen MR) is 149 cm³/mol. The summed E-state index contributed by atoms with van der Waals surface area (Å²) >= 11 is 6.06. The lowest BCUT2D eigenvalue weighted by Gasteiger charge is -2.32. The Hall–Kier alpha value is -3.92. The largest absolute Gasteiger partial charge is 0.477 e. The van der Waals surface area contributed by atoms with Crippen molar-refractivity contribution < 1.29 is 14.7 Å². The van der Waals surface area contributed by atoms with Gasteiger partial charge >= 0.3 is 5.97 Å². The van der Waals surface area contributed by atoms with E-state index in [9.17, 15) is 19.5 Å². The number of nitrogens with zero attached hydrogens (tertiary/aromatic N) is 5. The minimum absolute atomic E-state index is 0.0291. The molecule has 0 atom stereocenters. The summed E-state index contributed by atoms with van der Waals surface area (Å²) in [5.41, 5.74) is 2.58. The Morgan fingerprint density at radius 3 is 2.44 bits per heavy atom. The lowest BCUT2D eigenvalue weighted by Crippen LogP contribution is -2.43. The monoisotopic (exact) mass is 550 g/mol. The summed E-state index contributed by atoms with van der Waals surface area (Å²) in [4.78, 5) is 44.1. The maximum Gasteiger partial charge on any atom is 0.341 e. The van der Waals surface area contributed by atoms with Crippen LogP contribution in [0.4, 0.5) is 5.82 Å². The van der Waals surface area contributed by atoms with Crippen LogP contribution < -0.4 is 10.5 Å². The van der Waals surface area contributed by atoms with E-state index in [1.807, 2.05) is 26.0 Å². The number of nitrogens with one attached hydrogen (secondary N) is 1. The van der Waals surface area contributed by atoms with E-state index >= 15 is 0 Å². The first-order valence-corrected chi connectivity index (χ1v) is 13.5. The Balaban J connectivity index is 1.47. The zero-order valence-corrected chi connectivity index (χ0v) is 23.1. The number of aromatic amines is 1. The fourth-order valence-electron chi connectivity index (χ4n) is 5.19. The molecule has 5 rings (SSSR count). The number of benzene rings is 1. The van der Waals surface area contributed by atoms with Gasteiger partial charge in [-0.2, -0.15) is 4.52 Å². The number of aryl methyl sites for hydroxylation is 1. The number of aromatic nitrogens is 5. The van der Waals surface area contributed by atoms with Crippen LogP contribution in [0.3, 0.4) is 0 Å². The molecule has 1 fully saturated rings. The van der Waals surface area contributed by atoms with E-state index in [0.717, 1.165) is 31.2 Å². The molecule has 0 radical (unpaired) electrons. The van der Waals surface area contributed by atoms with E-state index in [0.29, 0.717) is 28.6 Å². The van der Waals surface area contributed by atoms with Gasteiger partial charge < -0.3 is 5.11 Å². The minimum atomic E-state index is -1.14. The second-order valence-electron chi connectivity index (χ2n) is 10.6. The number of aromatic carboxylic acids is 1. The van der Waals surface area contributed by atoms with Crippen molar-refractivity contribution >= 4 is 34.9 Å². The molecule has 204 valence electrons. The highest BCUT2D eigenvalue weighted by Gasteiger charge is 2.34. The molecule has 1 aliphatic carbocycles. The zero-order valence-electron chi connectivity index (χ0n) is 22.3. The maximum atomic E-state index is 13.6. The summed E-state index contributed by atoms with van der Waals surface area (Å²) in [7, 11) is 0. The first-order chi connectivity index (χ1) is 18.5. The number of carboxylic acid groups (broad SMARTS) is 1. The number of hydrogen-bond donors (Lipinski definition) is 2. The highest BCUT2D eigenvalue weighted by Crippen LogP contribution is 2.33. The van der Waals surface area contributed by atoms with Crippen molar-refractivity contribution in [2.24, 2.45) is 11.8 Å². The maximum absolute atomic E-state index is 13.6. The Labute approximate surface area is 230 Å². The molecule has 4 aromatic rings. The van der Waals surface area contributed by atoms with Crippen molar-refractivity contribution in [2.75, 3.05) is 4.90 Å². The number of hydrogen-bond acceptors (Lipinski definition) is 5. The molecule has 3 heterocycles. The number of amides is 1. The van der Waals surface area contributed by atoms with Gasteiger partial charge in [-0.1, -0.05) is 30.7 Å². The lowest BCUT2D eigenvalue weighted by molar-refractivity contribution is -0.124. The van der Waals surface area contributed by atoms with Crippen molar-refractivity contribution in [3.63, 3.8) is 0 Å². The van der Waals surface area contributed by atoms with Crippen LogP contribution in [0.25, 0.3) is 22.6 Å². The van der Waals surface area contributed by atoms with Gasteiger partial charge in [-0.15, -0.1) is 5.10 Å². The molecule has 39 heavy (non-hydrogen) atoms. The van der Waals surface area contributed by atoms with E-state index in [1.54, 1.807) is 25.1 Å². The third kappa shape index (κ3) is 4.96. The number of carboxylic acids is 1. The van der Waals surface area contributed by atoms with E-state index in [4.69, 9.17) is 11.6 Å². The highest BCUT2D eigenvalue weighted by molar-refractivity contribution is 6.31. The third-order valence-corrected chi connectivity index (χ3v) is 7.88. The van der Waals surface area contributed by atoms with Crippen LogP contribution >= 0.6 is 11.6 Å². The van der Waals surface area contributed by atoms with Crippen LogP contribution in [-0.4, -0.2) is 47.4 Å². The second-order valence-corrected chi connectivity index (χ2v) is 11.0. The van der Waals surface area contributed by atoms with Crippen LogP contribution in [0.1, 0.15) is 62.5 Å². The fraction of sp³-hybridized carbons (Fsp3) is 0.393.